The summed E-state index contributed by atoms with van der Waals surface area (Å²) in [5, 5.41) is 2.90. The van der Waals surface area contributed by atoms with Gasteiger partial charge in [0, 0.05) is 16.5 Å². The number of rotatable bonds is 4. The number of amides is 3. The van der Waals surface area contributed by atoms with Gasteiger partial charge in [-0.05, 0) is 23.8 Å². The van der Waals surface area contributed by atoms with Crippen LogP contribution in [0.4, 0.5) is 4.79 Å². The molecule has 0 saturated carbocycles. The molecule has 8 heteroatoms. The lowest BCUT2D eigenvalue weighted by Crippen LogP contribution is -2.47. The van der Waals surface area contributed by atoms with Crippen LogP contribution in [0.25, 0.3) is 0 Å². The van der Waals surface area contributed by atoms with Crippen molar-refractivity contribution in [3.8, 4) is 17.2 Å². The maximum Gasteiger partial charge on any atom is 0.325 e. The molecule has 0 aliphatic carbocycles. The van der Waals surface area contributed by atoms with Crippen LogP contribution in [0.3, 0.4) is 0 Å². The first-order chi connectivity index (χ1) is 13.5. The van der Waals surface area contributed by atoms with Gasteiger partial charge in [0.15, 0.2) is 17.0 Å². The van der Waals surface area contributed by atoms with Crippen molar-refractivity contribution in [3.05, 3.63) is 52.0 Å². The Kier molecular flexibility index (Phi) is 4.66. The van der Waals surface area contributed by atoms with E-state index in [0.29, 0.717) is 35.8 Å². The van der Waals surface area contributed by atoms with Gasteiger partial charge in [0.05, 0.1) is 27.4 Å². The van der Waals surface area contributed by atoms with E-state index in [-0.39, 0.29) is 12.5 Å². The Morgan fingerprint density at radius 2 is 1.89 bits per heavy atom. The van der Waals surface area contributed by atoms with E-state index in [9.17, 15) is 9.59 Å². The van der Waals surface area contributed by atoms with E-state index in [4.69, 9.17) is 14.2 Å². The Morgan fingerprint density at radius 1 is 1.18 bits per heavy atom. The third-order valence-electron chi connectivity index (χ3n) is 5.14. The lowest BCUT2D eigenvalue weighted by atomic mass is 9.84. The number of nitrogens with zero attached hydrogens (tertiary/aromatic N) is 1. The quantitative estimate of drug-likeness (QED) is 0.729. The Balaban J connectivity index is 1.69. The van der Waals surface area contributed by atoms with Crippen molar-refractivity contribution in [3.63, 3.8) is 0 Å². The number of halogens is 1. The number of nitrogens with one attached hydrogen (secondary N) is 1. The first-order valence-corrected chi connectivity index (χ1v) is 9.56. The molecule has 2 aliphatic rings. The van der Waals surface area contributed by atoms with E-state index in [0.717, 1.165) is 10.0 Å². The average molecular weight is 447 g/mol. The second-order valence-electron chi connectivity index (χ2n) is 6.62. The number of hydrogen-bond donors (Lipinski definition) is 1. The van der Waals surface area contributed by atoms with Gasteiger partial charge in [0.2, 0.25) is 0 Å². The van der Waals surface area contributed by atoms with Gasteiger partial charge in [0.1, 0.15) is 5.75 Å². The lowest BCUT2D eigenvalue weighted by molar-refractivity contribution is -0.133. The molecule has 7 nitrogen and oxygen atoms in total. The third-order valence-corrected chi connectivity index (χ3v) is 5.88. The zero-order valence-electron chi connectivity index (χ0n) is 15.5. The number of para-hydroxylation sites is 1. The average Bonchev–Trinajstić information content (AvgIpc) is 2.94. The van der Waals surface area contributed by atoms with E-state index in [1.54, 1.807) is 19.2 Å². The molecule has 0 bridgehead atoms. The van der Waals surface area contributed by atoms with Gasteiger partial charge in [-0.25, -0.2) is 4.79 Å². The molecule has 146 valence electrons. The Morgan fingerprint density at radius 3 is 2.64 bits per heavy atom. The standard InChI is InChI=1S/C20H19BrN2O5/c1-26-16-9-12(14(21)10-17(16)27-2)11-23-18(24)20(22-19(23)25)7-8-28-15-6-4-3-5-13(15)20/h3-6,9-10H,7-8,11H2,1-2H3,(H,22,25)/t20-/m0/s1. The summed E-state index contributed by atoms with van der Waals surface area (Å²) in [6, 6.07) is 10.4. The van der Waals surface area contributed by atoms with Crippen molar-refractivity contribution < 1.29 is 23.8 Å². The minimum absolute atomic E-state index is 0.108. The summed E-state index contributed by atoms with van der Waals surface area (Å²) in [5.74, 6) is 1.43. The summed E-state index contributed by atoms with van der Waals surface area (Å²) >= 11 is 3.49. The highest BCUT2D eigenvalue weighted by atomic mass is 79.9. The van der Waals surface area contributed by atoms with Crippen LogP contribution in [0.15, 0.2) is 40.9 Å². The number of fused-ring (bicyclic) bond motifs is 2. The highest BCUT2D eigenvalue weighted by Crippen LogP contribution is 2.42. The molecule has 4 rings (SSSR count). The molecule has 1 saturated heterocycles. The van der Waals surface area contributed by atoms with Crippen LogP contribution < -0.4 is 19.5 Å². The van der Waals surface area contributed by atoms with Gasteiger partial charge in [-0.1, -0.05) is 34.1 Å². The molecule has 2 aliphatic heterocycles. The second-order valence-corrected chi connectivity index (χ2v) is 7.47. The first kappa shape index (κ1) is 18.6. The SMILES string of the molecule is COc1cc(Br)c(CN2C(=O)N[C@]3(CCOc4ccccc43)C2=O)cc1OC. The molecule has 1 spiro atoms. The number of ether oxygens (including phenoxy) is 3. The molecule has 2 aromatic carbocycles. The molecule has 28 heavy (non-hydrogen) atoms. The molecule has 0 radical (unpaired) electrons. The van der Waals surface area contributed by atoms with Gasteiger partial charge in [0.25, 0.3) is 5.91 Å². The van der Waals surface area contributed by atoms with Crippen LogP contribution in [0, 0.1) is 0 Å². The minimum Gasteiger partial charge on any atom is -0.493 e. The van der Waals surface area contributed by atoms with E-state index in [1.165, 1.54) is 12.0 Å². The van der Waals surface area contributed by atoms with E-state index in [1.807, 2.05) is 24.3 Å². The van der Waals surface area contributed by atoms with Crippen LogP contribution in [0.5, 0.6) is 17.2 Å². The largest absolute Gasteiger partial charge is 0.493 e. The molecule has 0 aromatic heterocycles. The fourth-order valence-corrected chi connectivity index (χ4v) is 4.15. The number of benzene rings is 2. The first-order valence-electron chi connectivity index (χ1n) is 8.77. The maximum atomic E-state index is 13.4. The van der Waals surface area contributed by atoms with Crippen molar-refractivity contribution >= 4 is 27.9 Å². The van der Waals surface area contributed by atoms with Crippen LogP contribution >= 0.6 is 15.9 Å². The highest BCUT2D eigenvalue weighted by molar-refractivity contribution is 9.10. The molecule has 1 fully saturated rings. The van der Waals surface area contributed by atoms with E-state index >= 15 is 0 Å². The number of urea groups is 1. The molecular weight excluding hydrogens is 428 g/mol. The molecule has 2 heterocycles. The Labute approximate surface area is 170 Å². The van der Waals surface area contributed by atoms with Crippen LogP contribution in [0.1, 0.15) is 17.5 Å². The summed E-state index contributed by atoms with van der Waals surface area (Å²) in [5.41, 5.74) is 0.335. The van der Waals surface area contributed by atoms with Gasteiger partial charge >= 0.3 is 6.03 Å². The summed E-state index contributed by atoms with van der Waals surface area (Å²) in [4.78, 5) is 27.3. The van der Waals surface area contributed by atoms with Crippen LogP contribution in [-0.2, 0) is 16.9 Å². The maximum absolute atomic E-state index is 13.4. The minimum atomic E-state index is -1.09. The normalized spacial score (nSPS) is 20.6. The smallest absolute Gasteiger partial charge is 0.325 e. The molecule has 0 unspecified atom stereocenters. The van der Waals surface area contributed by atoms with Gasteiger partial charge in [-0.2, -0.15) is 0 Å². The fourth-order valence-electron chi connectivity index (χ4n) is 3.70. The zero-order chi connectivity index (χ0) is 19.9. The molecule has 1 atom stereocenters. The summed E-state index contributed by atoms with van der Waals surface area (Å²) < 4.78 is 17.0. The summed E-state index contributed by atoms with van der Waals surface area (Å²) in [6.45, 7) is 0.466. The predicted octanol–water partition coefficient (Wildman–Crippen LogP) is 3.20. The number of carbonyl (C=O) groups is 2. The molecule has 2 aromatic rings. The summed E-state index contributed by atoms with van der Waals surface area (Å²) in [7, 11) is 3.09. The van der Waals surface area contributed by atoms with Crippen LogP contribution in [0.2, 0.25) is 0 Å². The van der Waals surface area contributed by atoms with Gasteiger partial charge < -0.3 is 19.5 Å². The van der Waals surface area contributed by atoms with E-state index < -0.39 is 11.6 Å². The van der Waals surface area contributed by atoms with Gasteiger partial charge in [-0.3, -0.25) is 9.69 Å². The third kappa shape index (κ3) is 2.79. The van der Waals surface area contributed by atoms with Crippen molar-refractivity contribution in [1.29, 1.82) is 0 Å². The van der Waals surface area contributed by atoms with Crippen molar-refractivity contribution in [2.24, 2.45) is 0 Å². The monoisotopic (exact) mass is 446 g/mol. The molecule has 3 amide bonds. The van der Waals surface area contributed by atoms with Gasteiger partial charge in [-0.15, -0.1) is 0 Å². The number of methoxy groups -OCH3 is 2. The lowest BCUT2D eigenvalue weighted by Gasteiger charge is -2.33. The van der Waals surface area contributed by atoms with Crippen molar-refractivity contribution in [2.45, 2.75) is 18.5 Å². The Hall–Kier alpha value is -2.74. The number of carbonyl (C=O) groups excluding carboxylic acids is 2. The molecular formula is C20H19BrN2O5. The topological polar surface area (TPSA) is 77.1 Å². The fraction of sp³-hybridized carbons (Fsp3) is 0.300. The number of imide groups is 1. The van der Waals surface area contributed by atoms with Crippen molar-refractivity contribution in [1.82, 2.24) is 10.2 Å². The van der Waals surface area contributed by atoms with Crippen LogP contribution in [-0.4, -0.2) is 37.7 Å². The molecule has 1 N–H and O–H groups in total. The highest BCUT2D eigenvalue weighted by Gasteiger charge is 2.54. The predicted molar refractivity (Wildman–Crippen MR) is 105 cm³/mol. The Bertz CT molecular complexity index is 964. The summed E-state index contributed by atoms with van der Waals surface area (Å²) in [6.07, 6.45) is 0.387. The zero-order valence-corrected chi connectivity index (χ0v) is 17.0. The second kappa shape index (κ2) is 7.01. The number of hydrogen-bond acceptors (Lipinski definition) is 5. The van der Waals surface area contributed by atoms with E-state index in [2.05, 4.69) is 21.2 Å². The van der Waals surface area contributed by atoms with Crippen molar-refractivity contribution in [2.75, 3.05) is 20.8 Å².